The van der Waals surface area contributed by atoms with Crippen molar-refractivity contribution in [3.05, 3.63) is 58.0 Å². The molecule has 0 saturated heterocycles. The van der Waals surface area contributed by atoms with E-state index >= 15 is 0 Å². The molecule has 0 radical (unpaired) electrons. The van der Waals surface area contributed by atoms with E-state index in [2.05, 4.69) is 54.4 Å². The molecule has 29 heavy (non-hydrogen) atoms. The molecule has 0 fully saturated rings. The predicted molar refractivity (Wildman–Crippen MR) is 118 cm³/mol. The van der Waals surface area contributed by atoms with E-state index in [4.69, 9.17) is 0 Å². The summed E-state index contributed by atoms with van der Waals surface area (Å²) in [6.07, 6.45) is 5.25. The Morgan fingerprint density at radius 3 is 1.07 bits per heavy atom. The van der Waals surface area contributed by atoms with Crippen molar-refractivity contribution in [2.75, 3.05) is 0 Å². The molecule has 0 amide bonds. The fourth-order valence-corrected chi connectivity index (χ4v) is 3.22. The molecular formula is C25H42O3Zr. The summed E-state index contributed by atoms with van der Waals surface area (Å²) in [5, 5.41) is 30.2. The van der Waals surface area contributed by atoms with Crippen molar-refractivity contribution in [2.24, 2.45) is 5.41 Å². The second kappa shape index (κ2) is 18.2. The quantitative estimate of drug-likeness (QED) is 0.536. The van der Waals surface area contributed by atoms with Crippen LogP contribution in [0.3, 0.4) is 0 Å². The van der Waals surface area contributed by atoms with Gasteiger partial charge in [0.05, 0.1) is 0 Å². The second-order valence-corrected chi connectivity index (χ2v) is 9.11. The standard InChI is InChI=1S/C10H15.3C5H9O.Zr/c1-7-6-10(4,5)9(3)8(7)2;3*1-3-4-5(2)6;/h1-5H3;3*3,5H,1,4H2,2H3;/q;3*-1;+3. The fourth-order valence-electron chi connectivity index (χ4n) is 2.30. The van der Waals surface area contributed by atoms with Crippen molar-refractivity contribution in [1.29, 1.82) is 0 Å². The van der Waals surface area contributed by atoms with Crippen LogP contribution < -0.4 is 15.3 Å². The topological polar surface area (TPSA) is 69.2 Å². The van der Waals surface area contributed by atoms with Crippen LogP contribution >= 0.6 is 0 Å². The van der Waals surface area contributed by atoms with Gasteiger partial charge in [0.15, 0.2) is 0 Å². The molecular weight excluding hydrogens is 439 g/mol. The second-order valence-electron chi connectivity index (χ2n) is 7.88. The summed E-state index contributed by atoms with van der Waals surface area (Å²) in [7, 11) is 0. The summed E-state index contributed by atoms with van der Waals surface area (Å²) in [5.41, 5.74) is 4.96. The Hall–Kier alpha value is -0.537. The molecule has 0 aliphatic heterocycles. The first-order valence-electron chi connectivity index (χ1n) is 10.1. The van der Waals surface area contributed by atoms with Crippen molar-refractivity contribution >= 4 is 0 Å². The van der Waals surface area contributed by atoms with E-state index in [0.29, 0.717) is 24.7 Å². The van der Waals surface area contributed by atoms with E-state index in [1.807, 2.05) is 0 Å². The van der Waals surface area contributed by atoms with Crippen molar-refractivity contribution in [2.45, 2.75) is 93.0 Å². The van der Waals surface area contributed by atoms with Crippen LogP contribution in [0.2, 0.25) is 0 Å². The van der Waals surface area contributed by atoms with Crippen LogP contribution in [0.25, 0.3) is 0 Å². The molecule has 0 spiro atoms. The molecule has 1 aliphatic carbocycles. The van der Waals surface area contributed by atoms with Crippen LogP contribution in [-0.2, 0) is 24.7 Å². The van der Waals surface area contributed by atoms with Gasteiger partial charge in [-0.25, -0.2) is 0 Å². The third-order valence-electron chi connectivity index (χ3n) is 4.56. The molecule has 3 nitrogen and oxygen atoms in total. The van der Waals surface area contributed by atoms with Crippen LogP contribution in [0.15, 0.2) is 58.0 Å². The van der Waals surface area contributed by atoms with Gasteiger partial charge in [0.2, 0.25) is 0 Å². The number of allylic oxidation sites excluding steroid dienone is 4. The van der Waals surface area contributed by atoms with Gasteiger partial charge in [-0.05, 0) is 19.3 Å². The summed E-state index contributed by atoms with van der Waals surface area (Å²) in [4.78, 5) is 0. The first kappa shape index (κ1) is 33.1. The average Bonchev–Trinajstić information content (AvgIpc) is 2.71. The van der Waals surface area contributed by atoms with Gasteiger partial charge in [0, 0.05) is 0 Å². The average molecular weight is 482 g/mol. The third-order valence-corrected chi connectivity index (χ3v) is 7.02. The van der Waals surface area contributed by atoms with Gasteiger partial charge >= 0.3 is 84.8 Å². The van der Waals surface area contributed by atoms with E-state index in [0.717, 1.165) is 0 Å². The van der Waals surface area contributed by atoms with Gasteiger partial charge in [0.1, 0.15) is 0 Å². The molecule has 0 N–H and O–H groups in total. The zero-order valence-corrected chi connectivity index (χ0v) is 22.4. The minimum atomic E-state index is -0.470. The number of hydrogen-bond acceptors (Lipinski definition) is 3. The molecule has 0 aromatic rings. The first-order chi connectivity index (χ1) is 13.2. The first-order valence-corrected chi connectivity index (χ1v) is 11.3. The Morgan fingerprint density at radius 1 is 0.759 bits per heavy atom. The molecule has 0 heterocycles. The van der Waals surface area contributed by atoms with Crippen LogP contribution in [0.4, 0.5) is 0 Å². The Labute approximate surface area is 195 Å². The van der Waals surface area contributed by atoms with Gasteiger partial charge in [0.25, 0.3) is 0 Å². The Kier molecular flexibility index (Phi) is 20.8. The fraction of sp³-hybridized carbons (Fsp3) is 0.600. The summed E-state index contributed by atoms with van der Waals surface area (Å²) in [5.74, 6) is 0. The van der Waals surface area contributed by atoms with E-state index in [-0.39, 0.29) is 0 Å². The third kappa shape index (κ3) is 16.9. The van der Waals surface area contributed by atoms with Crippen LogP contribution in [-0.4, -0.2) is 18.3 Å². The zero-order chi connectivity index (χ0) is 23.8. The van der Waals surface area contributed by atoms with Crippen molar-refractivity contribution in [3.63, 3.8) is 0 Å². The molecule has 3 unspecified atom stereocenters. The van der Waals surface area contributed by atoms with Crippen molar-refractivity contribution in [3.8, 4) is 0 Å². The van der Waals surface area contributed by atoms with Gasteiger partial charge < -0.3 is 15.3 Å². The van der Waals surface area contributed by atoms with E-state index in [1.165, 1.54) is 11.1 Å². The van der Waals surface area contributed by atoms with Crippen LogP contribution in [0.1, 0.15) is 74.7 Å². The molecule has 1 aliphatic rings. The zero-order valence-electron chi connectivity index (χ0n) is 19.9. The number of rotatable bonds is 6. The molecule has 164 valence electrons. The van der Waals surface area contributed by atoms with Gasteiger partial charge in [-0.3, -0.25) is 0 Å². The summed E-state index contributed by atoms with van der Waals surface area (Å²) in [6, 6.07) is 0. The Balaban J connectivity index is -0.000000328. The van der Waals surface area contributed by atoms with Crippen molar-refractivity contribution in [1.82, 2.24) is 0 Å². The van der Waals surface area contributed by atoms with Crippen LogP contribution in [0.5, 0.6) is 0 Å². The predicted octanol–water partition coefficient (Wildman–Crippen LogP) is 4.12. The minimum absolute atomic E-state index is 0.354. The molecule has 4 heteroatoms. The van der Waals surface area contributed by atoms with Crippen molar-refractivity contribution < 1.29 is 40.0 Å². The monoisotopic (exact) mass is 480 g/mol. The summed E-state index contributed by atoms with van der Waals surface area (Å²) in [6.45, 7) is 26.5. The van der Waals surface area contributed by atoms with E-state index in [9.17, 15) is 15.3 Å². The summed E-state index contributed by atoms with van der Waals surface area (Å²) < 4.78 is 1.62. The number of hydrogen-bond donors (Lipinski definition) is 0. The molecule has 0 bridgehead atoms. The van der Waals surface area contributed by atoms with Gasteiger partial charge in [-0.1, -0.05) is 39.0 Å². The Bertz CT molecular complexity index is 479. The molecule has 0 saturated carbocycles. The van der Waals surface area contributed by atoms with Gasteiger partial charge in [-0.15, -0.1) is 38.0 Å². The SMILES string of the molecule is C=CCC(C)[O-].C=CCC(C)[O-].C=CCC(C)[O-].CC1=C(C)C(C)(C)[C]([Zr+3])=C1C. The molecule has 0 aromatic heterocycles. The molecule has 3 atom stereocenters. The molecule has 1 rings (SSSR count). The van der Waals surface area contributed by atoms with E-state index in [1.54, 1.807) is 72.6 Å². The molecule has 0 aromatic carbocycles. The van der Waals surface area contributed by atoms with E-state index < -0.39 is 18.3 Å². The maximum atomic E-state index is 10.1. The van der Waals surface area contributed by atoms with Crippen LogP contribution in [0, 0.1) is 5.41 Å². The summed E-state index contributed by atoms with van der Waals surface area (Å²) >= 11 is 1.57. The normalized spacial score (nSPS) is 17.4. The maximum absolute atomic E-state index is 10.1. The van der Waals surface area contributed by atoms with Gasteiger partial charge in [-0.2, -0.15) is 0 Å². The Morgan fingerprint density at radius 2 is 1.03 bits per heavy atom.